The lowest BCUT2D eigenvalue weighted by Gasteiger charge is -2.31. The molecule has 1 rings (SSSR count). The van der Waals surface area contributed by atoms with Gasteiger partial charge in [0.15, 0.2) is 0 Å². The third kappa shape index (κ3) is 4.68. The highest BCUT2D eigenvalue weighted by molar-refractivity contribution is 5.75. The molecule has 0 spiro atoms. The van der Waals surface area contributed by atoms with Crippen molar-refractivity contribution in [2.24, 2.45) is 5.92 Å². The summed E-state index contributed by atoms with van der Waals surface area (Å²) in [6, 6.07) is -1.57. The fraction of sp³-hybridized carbons (Fsp3) is 0.600. The van der Waals surface area contributed by atoms with Gasteiger partial charge in [0.05, 0.1) is 12.1 Å². The molecule has 0 bridgehead atoms. The van der Waals surface area contributed by atoms with Crippen LogP contribution in [-0.4, -0.2) is 46.3 Å². The largest absolute Gasteiger partial charge is 0.480 e. The molecule has 1 aliphatic rings. The number of nitrogens with one attached hydrogen (secondary N) is 2. The second-order valence-corrected chi connectivity index (χ2v) is 5.33. The lowest BCUT2D eigenvalue weighted by Crippen LogP contribution is -2.56. The van der Waals surface area contributed by atoms with Crippen molar-refractivity contribution in [3.05, 3.63) is 24.8 Å². The van der Waals surface area contributed by atoms with Gasteiger partial charge in [0.1, 0.15) is 6.04 Å². The number of carbonyl (C=O) groups is 2. The number of carboxylic acid groups (broad SMARTS) is 1. The summed E-state index contributed by atoms with van der Waals surface area (Å²) in [7, 11) is 0. The first-order valence-corrected chi connectivity index (χ1v) is 7.08. The van der Waals surface area contributed by atoms with E-state index in [1.54, 1.807) is 6.08 Å². The number of carboxylic acids is 1. The Hall–Kier alpha value is -1.66. The standard InChI is InChI=1S/C15H24N2O4/c1-4-6-10-8-11(15(20)21)17-13(10)14(16-9(3)18)12(19)7-5-2/h4-6,10-14,17,19H,2,7-8H2,1,3H3,(H,16,18)(H,20,21)/b6-4-/t10-,11-,12+,13-,14+/m1/s1. The summed E-state index contributed by atoms with van der Waals surface area (Å²) in [5, 5.41) is 25.1. The third-order valence-corrected chi connectivity index (χ3v) is 3.68. The van der Waals surface area contributed by atoms with Crippen LogP contribution in [0, 0.1) is 5.92 Å². The number of aliphatic carboxylic acids is 1. The summed E-state index contributed by atoms with van der Waals surface area (Å²) < 4.78 is 0. The highest BCUT2D eigenvalue weighted by Gasteiger charge is 2.42. The zero-order valence-corrected chi connectivity index (χ0v) is 12.5. The molecule has 4 N–H and O–H groups in total. The normalized spacial score (nSPS) is 28.2. The molecule has 0 aromatic carbocycles. The van der Waals surface area contributed by atoms with E-state index in [-0.39, 0.29) is 17.9 Å². The molecule has 6 nitrogen and oxygen atoms in total. The smallest absolute Gasteiger partial charge is 0.320 e. The summed E-state index contributed by atoms with van der Waals surface area (Å²) in [4.78, 5) is 22.6. The summed E-state index contributed by atoms with van der Waals surface area (Å²) in [5.41, 5.74) is 0. The van der Waals surface area contributed by atoms with E-state index in [4.69, 9.17) is 0 Å². The van der Waals surface area contributed by atoms with Crippen molar-refractivity contribution in [2.45, 2.75) is 50.9 Å². The number of aliphatic hydroxyl groups excluding tert-OH is 1. The number of hydrogen-bond acceptors (Lipinski definition) is 4. The molecule has 0 radical (unpaired) electrons. The van der Waals surface area contributed by atoms with Crippen LogP contribution in [0.2, 0.25) is 0 Å². The van der Waals surface area contributed by atoms with Gasteiger partial charge in [-0.2, -0.15) is 0 Å². The molecular formula is C15H24N2O4. The van der Waals surface area contributed by atoms with Gasteiger partial charge in [0.2, 0.25) is 5.91 Å². The minimum absolute atomic E-state index is 0.0626. The maximum atomic E-state index is 11.4. The highest BCUT2D eigenvalue weighted by Crippen LogP contribution is 2.26. The zero-order valence-electron chi connectivity index (χ0n) is 12.5. The van der Waals surface area contributed by atoms with Crippen LogP contribution < -0.4 is 10.6 Å². The van der Waals surface area contributed by atoms with E-state index in [1.807, 2.05) is 19.1 Å². The maximum Gasteiger partial charge on any atom is 0.320 e. The van der Waals surface area contributed by atoms with Crippen LogP contribution in [-0.2, 0) is 9.59 Å². The van der Waals surface area contributed by atoms with Gasteiger partial charge in [-0.05, 0) is 25.7 Å². The summed E-state index contributed by atoms with van der Waals surface area (Å²) in [6.07, 6.45) is 5.28. The second-order valence-electron chi connectivity index (χ2n) is 5.33. The quantitative estimate of drug-likeness (QED) is 0.511. The van der Waals surface area contributed by atoms with Crippen LogP contribution in [0.25, 0.3) is 0 Å². The Morgan fingerprint density at radius 2 is 2.19 bits per heavy atom. The number of rotatable bonds is 7. The predicted octanol–water partition coefficient (Wildman–Crippen LogP) is 0.436. The molecule has 1 fully saturated rings. The van der Waals surface area contributed by atoms with Crippen LogP contribution in [0.4, 0.5) is 0 Å². The number of carbonyl (C=O) groups excluding carboxylic acids is 1. The van der Waals surface area contributed by atoms with Crippen molar-refractivity contribution < 1.29 is 19.8 Å². The predicted molar refractivity (Wildman–Crippen MR) is 79.7 cm³/mol. The van der Waals surface area contributed by atoms with E-state index in [2.05, 4.69) is 17.2 Å². The molecule has 0 aromatic rings. The Kier molecular flexibility index (Phi) is 6.58. The highest BCUT2D eigenvalue weighted by atomic mass is 16.4. The van der Waals surface area contributed by atoms with E-state index in [0.29, 0.717) is 12.8 Å². The Balaban J connectivity index is 2.98. The lowest BCUT2D eigenvalue weighted by atomic mass is 9.89. The number of allylic oxidation sites excluding steroid dienone is 1. The van der Waals surface area contributed by atoms with E-state index in [1.165, 1.54) is 6.92 Å². The molecule has 6 heteroatoms. The van der Waals surface area contributed by atoms with Crippen molar-refractivity contribution >= 4 is 11.9 Å². The van der Waals surface area contributed by atoms with Crippen molar-refractivity contribution in [3.63, 3.8) is 0 Å². The summed E-state index contributed by atoms with van der Waals surface area (Å²) in [5.74, 6) is -1.25. The van der Waals surface area contributed by atoms with Gasteiger partial charge in [-0.15, -0.1) is 6.58 Å². The molecule has 1 amide bonds. The van der Waals surface area contributed by atoms with Crippen LogP contribution in [0.15, 0.2) is 24.8 Å². The zero-order chi connectivity index (χ0) is 16.0. The van der Waals surface area contributed by atoms with E-state index in [0.717, 1.165) is 0 Å². The fourth-order valence-electron chi connectivity index (χ4n) is 2.81. The molecule has 21 heavy (non-hydrogen) atoms. The monoisotopic (exact) mass is 296 g/mol. The number of aliphatic hydroxyl groups is 1. The minimum Gasteiger partial charge on any atom is -0.480 e. The molecule has 0 aromatic heterocycles. The molecule has 118 valence electrons. The van der Waals surface area contributed by atoms with Crippen LogP contribution in [0.3, 0.4) is 0 Å². The average molecular weight is 296 g/mol. The van der Waals surface area contributed by atoms with Crippen molar-refractivity contribution in [2.75, 3.05) is 0 Å². The van der Waals surface area contributed by atoms with Gasteiger partial charge in [-0.1, -0.05) is 18.2 Å². The molecule has 5 atom stereocenters. The molecule has 0 unspecified atom stereocenters. The van der Waals surface area contributed by atoms with Gasteiger partial charge in [-0.3, -0.25) is 14.9 Å². The van der Waals surface area contributed by atoms with Gasteiger partial charge in [0, 0.05) is 13.0 Å². The van der Waals surface area contributed by atoms with Gasteiger partial charge < -0.3 is 15.5 Å². The van der Waals surface area contributed by atoms with E-state index in [9.17, 15) is 19.8 Å². The first kappa shape index (κ1) is 17.4. The van der Waals surface area contributed by atoms with Gasteiger partial charge in [0.25, 0.3) is 0 Å². The Morgan fingerprint density at radius 3 is 2.67 bits per heavy atom. The molecule has 1 aliphatic heterocycles. The first-order chi connectivity index (χ1) is 9.90. The molecular weight excluding hydrogens is 272 g/mol. The first-order valence-electron chi connectivity index (χ1n) is 7.08. The molecule has 0 saturated carbocycles. The Morgan fingerprint density at radius 1 is 1.52 bits per heavy atom. The Labute approximate surface area is 124 Å². The summed E-state index contributed by atoms with van der Waals surface area (Å²) in [6.45, 7) is 6.82. The second kappa shape index (κ2) is 7.95. The average Bonchev–Trinajstić information content (AvgIpc) is 2.80. The van der Waals surface area contributed by atoms with Crippen LogP contribution in [0.5, 0.6) is 0 Å². The maximum absolute atomic E-state index is 11.4. The minimum atomic E-state index is -0.924. The molecule has 1 saturated heterocycles. The molecule has 1 heterocycles. The fourth-order valence-corrected chi connectivity index (χ4v) is 2.81. The van der Waals surface area contributed by atoms with Gasteiger partial charge >= 0.3 is 5.97 Å². The SMILES string of the molecule is C=CC[C@H](O)[C@H](NC(C)=O)[C@@H]1N[C@@H](C(=O)O)C[C@H]1/C=C\C. The van der Waals surface area contributed by atoms with Crippen molar-refractivity contribution in [1.82, 2.24) is 10.6 Å². The lowest BCUT2D eigenvalue weighted by molar-refractivity contribution is -0.139. The van der Waals surface area contributed by atoms with Crippen molar-refractivity contribution in [1.29, 1.82) is 0 Å². The van der Waals surface area contributed by atoms with Gasteiger partial charge in [-0.25, -0.2) is 0 Å². The number of hydrogen-bond donors (Lipinski definition) is 4. The number of amides is 1. The Bertz CT molecular complexity index is 422. The van der Waals surface area contributed by atoms with E-state index >= 15 is 0 Å². The summed E-state index contributed by atoms with van der Waals surface area (Å²) >= 11 is 0. The third-order valence-electron chi connectivity index (χ3n) is 3.68. The molecule has 0 aliphatic carbocycles. The van der Waals surface area contributed by atoms with Crippen LogP contribution in [0.1, 0.15) is 26.7 Å². The van der Waals surface area contributed by atoms with Crippen LogP contribution >= 0.6 is 0 Å². The topological polar surface area (TPSA) is 98.7 Å². The van der Waals surface area contributed by atoms with E-state index < -0.39 is 24.2 Å². The van der Waals surface area contributed by atoms with Crippen molar-refractivity contribution in [3.8, 4) is 0 Å².